The number of carbonyl (C=O) groups is 1. The zero-order valence-electron chi connectivity index (χ0n) is 13.4. The molecule has 0 spiro atoms. The Morgan fingerprint density at radius 1 is 0.955 bits per heavy atom. The molecule has 0 bridgehead atoms. The molecular weight excluding hydrogens is 321 g/mol. The first-order valence-electron chi connectivity index (χ1n) is 8.58. The van der Waals surface area contributed by atoms with Crippen LogP contribution in [-0.4, -0.2) is 49.1 Å². The summed E-state index contributed by atoms with van der Waals surface area (Å²) < 4.78 is 0. The highest BCUT2D eigenvalue weighted by atomic mass is 35.5. The van der Waals surface area contributed by atoms with Gasteiger partial charge in [-0.2, -0.15) is 0 Å². The van der Waals surface area contributed by atoms with Gasteiger partial charge < -0.3 is 15.5 Å². The fourth-order valence-corrected chi connectivity index (χ4v) is 4.05. The Balaban J connectivity index is 0.00000121. The average molecular weight is 352 g/mol. The van der Waals surface area contributed by atoms with Gasteiger partial charge in [0.15, 0.2) is 0 Å². The Labute approximate surface area is 147 Å². The van der Waals surface area contributed by atoms with E-state index < -0.39 is 0 Å². The van der Waals surface area contributed by atoms with E-state index >= 15 is 0 Å². The van der Waals surface area contributed by atoms with E-state index in [4.69, 9.17) is 0 Å². The van der Waals surface area contributed by atoms with E-state index in [2.05, 4.69) is 15.5 Å². The lowest BCUT2D eigenvalue weighted by Crippen LogP contribution is -2.49. The van der Waals surface area contributed by atoms with Gasteiger partial charge in [0.2, 0.25) is 5.91 Å². The smallest absolute Gasteiger partial charge is 0.224 e. The number of likely N-dealkylation sites (tertiary alicyclic amines) is 1. The maximum absolute atomic E-state index is 12.1. The van der Waals surface area contributed by atoms with Gasteiger partial charge in [-0.25, -0.2) is 0 Å². The molecule has 1 saturated carbocycles. The highest BCUT2D eigenvalue weighted by Gasteiger charge is 2.29. The summed E-state index contributed by atoms with van der Waals surface area (Å²) in [5.74, 6) is 0.498. The summed E-state index contributed by atoms with van der Waals surface area (Å²) in [6.45, 7) is 4.22. The van der Waals surface area contributed by atoms with Crippen LogP contribution >= 0.6 is 24.8 Å². The molecule has 1 aliphatic carbocycles. The van der Waals surface area contributed by atoms with Crippen LogP contribution in [0.3, 0.4) is 0 Å². The number of nitrogens with zero attached hydrogens (tertiary/aromatic N) is 1. The van der Waals surface area contributed by atoms with Crippen molar-refractivity contribution in [3.8, 4) is 0 Å². The molecule has 3 aliphatic rings. The van der Waals surface area contributed by atoms with Crippen molar-refractivity contribution in [1.82, 2.24) is 15.5 Å². The topological polar surface area (TPSA) is 44.4 Å². The average Bonchev–Trinajstić information content (AvgIpc) is 3.03. The third-order valence-corrected chi connectivity index (χ3v) is 5.40. The fourth-order valence-electron chi connectivity index (χ4n) is 4.05. The van der Waals surface area contributed by atoms with Crippen molar-refractivity contribution in [3.05, 3.63) is 0 Å². The van der Waals surface area contributed by atoms with Crippen LogP contribution in [0.4, 0.5) is 0 Å². The fraction of sp³-hybridized carbons (Fsp3) is 0.938. The van der Waals surface area contributed by atoms with Crippen LogP contribution in [0.15, 0.2) is 0 Å². The Morgan fingerprint density at radius 2 is 1.64 bits per heavy atom. The zero-order chi connectivity index (χ0) is 13.8. The van der Waals surface area contributed by atoms with E-state index in [0.29, 0.717) is 6.04 Å². The Hall–Kier alpha value is -0.0300. The maximum atomic E-state index is 12.1. The van der Waals surface area contributed by atoms with Crippen molar-refractivity contribution in [3.63, 3.8) is 0 Å². The number of nitrogens with one attached hydrogen (secondary N) is 2. The molecule has 0 aromatic carbocycles. The molecule has 2 aliphatic heterocycles. The Morgan fingerprint density at radius 3 is 2.23 bits per heavy atom. The first-order chi connectivity index (χ1) is 9.83. The Bertz CT molecular complexity index is 323. The molecule has 3 fully saturated rings. The van der Waals surface area contributed by atoms with Gasteiger partial charge in [0.25, 0.3) is 0 Å². The molecule has 0 aromatic rings. The van der Waals surface area contributed by atoms with Gasteiger partial charge in [0, 0.05) is 31.7 Å². The molecule has 130 valence electrons. The highest BCUT2D eigenvalue weighted by Crippen LogP contribution is 2.25. The third kappa shape index (κ3) is 5.26. The van der Waals surface area contributed by atoms with Gasteiger partial charge >= 0.3 is 0 Å². The van der Waals surface area contributed by atoms with E-state index in [1.165, 1.54) is 45.2 Å². The van der Waals surface area contributed by atoms with Gasteiger partial charge in [-0.15, -0.1) is 24.8 Å². The van der Waals surface area contributed by atoms with Gasteiger partial charge in [-0.1, -0.05) is 19.3 Å². The lowest BCUT2D eigenvalue weighted by molar-refractivity contribution is -0.125. The number of halogens is 2. The zero-order valence-corrected chi connectivity index (χ0v) is 15.0. The first-order valence-corrected chi connectivity index (χ1v) is 8.58. The maximum Gasteiger partial charge on any atom is 0.224 e. The molecule has 0 aromatic heterocycles. The lowest BCUT2D eigenvalue weighted by Gasteiger charge is -2.39. The number of hydrogen-bond acceptors (Lipinski definition) is 3. The molecule has 3 rings (SSSR count). The molecule has 6 heteroatoms. The van der Waals surface area contributed by atoms with Crippen molar-refractivity contribution in [2.45, 2.75) is 63.5 Å². The summed E-state index contributed by atoms with van der Waals surface area (Å²) in [5, 5.41) is 6.55. The molecule has 1 atom stereocenters. The van der Waals surface area contributed by atoms with Crippen LogP contribution in [0.1, 0.15) is 51.4 Å². The third-order valence-electron chi connectivity index (χ3n) is 5.40. The first kappa shape index (κ1) is 20.0. The van der Waals surface area contributed by atoms with Crippen molar-refractivity contribution in [1.29, 1.82) is 0 Å². The van der Waals surface area contributed by atoms with Crippen LogP contribution < -0.4 is 10.6 Å². The van der Waals surface area contributed by atoms with Gasteiger partial charge in [-0.3, -0.25) is 4.79 Å². The standard InChI is InChI=1S/C16H29N3O.2ClH/c20-16(13-6-9-17-12-13)18-14-7-10-19(11-8-14)15-4-2-1-3-5-15;;/h13-15,17H,1-12H2,(H,18,20);2*1H. The van der Waals surface area contributed by atoms with Crippen LogP contribution in [0.5, 0.6) is 0 Å². The number of amides is 1. The predicted octanol–water partition coefficient (Wildman–Crippen LogP) is 2.35. The normalized spacial score (nSPS) is 27.7. The second kappa shape index (κ2) is 9.96. The second-order valence-electron chi connectivity index (χ2n) is 6.80. The molecule has 1 unspecified atom stereocenters. The second-order valence-corrected chi connectivity index (χ2v) is 6.80. The van der Waals surface area contributed by atoms with E-state index in [1.807, 2.05) is 0 Å². The van der Waals surface area contributed by atoms with Crippen LogP contribution in [-0.2, 0) is 4.79 Å². The van der Waals surface area contributed by atoms with E-state index in [0.717, 1.165) is 38.4 Å². The number of piperidine rings is 1. The monoisotopic (exact) mass is 351 g/mol. The SMILES string of the molecule is Cl.Cl.O=C(NC1CCN(C2CCCCC2)CC1)C1CCNC1. The van der Waals surface area contributed by atoms with E-state index in [1.54, 1.807) is 0 Å². The minimum absolute atomic E-state index is 0. The van der Waals surface area contributed by atoms with Gasteiger partial charge in [0.05, 0.1) is 5.92 Å². The van der Waals surface area contributed by atoms with Gasteiger partial charge in [0.1, 0.15) is 0 Å². The summed E-state index contributed by atoms with van der Waals surface area (Å²) in [5.41, 5.74) is 0. The van der Waals surface area contributed by atoms with Crippen LogP contribution in [0, 0.1) is 5.92 Å². The van der Waals surface area contributed by atoms with Crippen LogP contribution in [0.25, 0.3) is 0 Å². The summed E-state index contributed by atoms with van der Waals surface area (Å²) in [7, 11) is 0. The van der Waals surface area contributed by atoms with Crippen molar-refractivity contribution >= 4 is 30.7 Å². The van der Waals surface area contributed by atoms with E-state index in [9.17, 15) is 4.79 Å². The number of carbonyl (C=O) groups excluding carboxylic acids is 1. The summed E-state index contributed by atoms with van der Waals surface area (Å²) in [6, 6.07) is 1.25. The highest BCUT2D eigenvalue weighted by molar-refractivity contribution is 5.85. The molecular formula is C16H31Cl2N3O. The molecule has 0 radical (unpaired) electrons. The van der Waals surface area contributed by atoms with E-state index in [-0.39, 0.29) is 36.6 Å². The minimum atomic E-state index is 0. The molecule has 22 heavy (non-hydrogen) atoms. The van der Waals surface area contributed by atoms with Gasteiger partial charge in [-0.05, 0) is 38.6 Å². The molecule has 4 nitrogen and oxygen atoms in total. The minimum Gasteiger partial charge on any atom is -0.353 e. The largest absolute Gasteiger partial charge is 0.353 e. The number of rotatable bonds is 3. The molecule has 2 heterocycles. The van der Waals surface area contributed by atoms with Crippen molar-refractivity contribution < 1.29 is 4.79 Å². The van der Waals surface area contributed by atoms with Crippen LogP contribution in [0.2, 0.25) is 0 Å². The van der Waals surface area contributed by atoms with Crippen molar-refractivity contribution in [2.75, 3.05) is 26.2 Å². The molecule has 2 N–H and O–H groups in total. The summed E-state index contributed by atoms with van der Waals surface area (Å²) in [4.78, 5) is 14.8. The quantitative estimate of drug-likeness (QED) is 0.820. The summed E-state index contributed by atoms with van der Waals surface area (Å²) in [6.07, 6.45) is 10.3. The number of hydrogen-bond donors (Lipinski definition) is 2. The lowest BCUT2D eigenvalue weighted by atomic mass is 9.92. The van der Waals surface area contributed by atoms with Crippen molar-refractivity contribution in [2.24, 2.45) is 5.92 Å². The molecule has 1 amide bonds. The summed E-state index contributed by atoms with van der Waals surface area (Å²) >= 11 is 0. The Kier molecular flexibility index (Phi) is 9.07. The molecule has 2 saturated heterocycles. The predicted molar refractivity (Wildman–Crippen MR) is 95.1 cm³/mol.